The molecule has 0 amide bonds. The number of benzene rings is 2. The molecule has 25 heavy (non-hydrogen) atoms. The number of rotatable bonds is 6. The zero-order valence-electron chi connectivity index (χ0n) is 14.3. The highest BCUT2D eigenvalue weighted by Crippen LogP contribution is 2.33. The molecule has 1 aliphatic rings. The first-order valence-electron chi connectivity index (χ1n) is 8.01. The monoisotopic (exact) mass is 340 g/mol. The summed E-state index contributed by atoms with van der Waals surface area (Å²) in [6, 6.07) is 10.8. The third-order valence-corrected chi connectivity index (χ3v) is 4.29. The standard InChI is InChI=1S/C19H20N2O4/c1-24-18-11-15-7-9-20(13-16(15)12-19(18)25-2)8-6-14-4-3-5-17(10-14)21(22)23/h3-5,7,9-12H,6,8,13H2,1-2H3. The molecule has 1 aliphatic heterocycles. The molecule has 0 radical (unpaired) electrons. The molecule has 2 aromatic rings. The van der Waals surface area contributed by atoms with Crippen molar-refractivity contribution in [3.8, 4) is 11.5 Å². The highest BCUT2D eigenvalue weighted by Gasteiger charge is 2.15. The van der Waals surface area contributed by atoms with E-state index >= 15 is 0 Å². The number of ether oxygens (including phenoxy) is 2. The Labute approximate surface area is 146 Å². The summed E-state index contributed by atoms with van der Waals surface area (Å²) in [6.45, 7) is 1.55. The van der Waals surface area contributed by atoms with Crippen LogP contribution in [0.15, 0.2) is 42.6 Å². The zero-order chi connectivity index (χ0) is 17.8. The molecule has 0 N–H and O–H groups in total. The van der Waals surface area contributed by atoms with Crippen LogP contribution in [-0.4, -0.2) is 30.6 Å². The Kier molecular flexibility index (Phi) is 4.88. The SMILES string of the molecule is COc1cc2c(cc1OC)CN(CCc1cccc([N+](=O)[O-])c1)C=C2. The zero-order valence-corrected chi connectivity index (χ0v) is 14.3. The van der Waals surface area contributed by atoms with Crippen LogP contribution in [0.25, 0.3) is 6.08 Å². The molecule has 0 aromatic heterocycles. The van der Waals surface area contributed by atoms with Crippen molar-refractivity contribution in [3.63, 3.8) is 0 Å². The lowest BCUT2D eigenvalue weighted by Gasteiger charge is -2.26. The molecular weight excluding hydrogens is 320 g/mol. The van der Waals surface area contributed by atoms with Crippen LogP contribution in [0.4, 0.5) is 5.69 Å². The van der Waals surface area contributed by atoms with Gasteiger partial charge in [0.25, 0.3) is 5.69 Å². The second kappa shape index (κ2) is 7.25. The van der Waals surface area contributed by atoms with Gasteiger partial charge in [0.1, 0.15) is 0 Å². The number of nitro benzene ring substituents is 1. The second-order valence-electron chi connectivity index (χ2n) is 5.87. The van der Waals surface area contributed by atoms with E-state index in [0.717, 1.165) is 42.1 Å². The summed E-state index contributed by atoms with van der Waals surface area (Å²) in [5.41, 5.74) is 3.37. The van der Waals surface area contributed by atoms with Crippen LogP contribution < -0.4 is 9.47 Å². The Morgan fingerprint density at radius 2 is 1.92 bits per heavy atom. The van der Waals surface area contributed by atoms with Crippen molar-refractivity contribution < 1.29 is 14.4 Å². The van der Waals surface area contributed by atoms with Crippen molar-refractivity contribution in [1.29, 1.82) is 0 Å². The number of nitrogens with zero attached hydrogens (tertiary/aromatic N) is 2. The van der Waals surface area contributed by atoms with Crippen LogP contribution in [0, 0.1) is 10.1 Å². The predicted octanol–water partition coefficient (Wildman–Crippen LogP) is 3.64. The van der Waals surface area contributed by atoms with Crippen molar-refractivity contribution in [1.82, 2.24) is 4.90 Å². The quantitative estimate of drug-likeness (QED) is 0.593. The summed E-state index contributed by atoms with van der Waals surface area (Å²) < 4.78 is 10.7. The topological polar surface area (TPSA) is 64.8 Å². The molecule has 6 heteroatoms. The van der Waals surface area contributed by atoms with Gasteiger partial charge in [-0.3, -0.25) is 10.1 Å². The van der Waals surface area contributed by atoms with E-state index in [1.54, 1.807) is 26.4 Å². The molecule has 0 saturated carbocycles. The van der Waals surface area contributed by atoms with Crippen LogP contribution in [0.5, 0.6) is 11.5 Å². The Hall–Kier alpha value is -3.02. The van der Waals surface area contributed by atoms with Gasteiger partial charge in [0.15, 0.2) is 11.5 Å². The third-order valence-electron chi connectivity index (χ3n) is 4.29. The molecule has 0 atom stereocenters. The van der Waals surface area contributed by atoms with Gasteiger partial charge >= 0.3 is 0 Å². The minimum absolute atomic E-state index is 0.133. The van der Waals surface area contributed by atoms with Gasteiger partial charge in [0.05, 0.1) is 19.1 Å². The van der Waals surface area contributed by atoms with Crippen LogP contribution in [0.1, 0.15) is 16.7 Å². The Morgan fingerprint density at radius 1 is 1.16 bits per heavy atom. The predicted molar refractivity (Wildman–Crippen MR) is 95.8 cm³/mol. The van der Waals surface area contributed by atoms with E-state index in [4.69, 9.17) is 9.47 Å². The first kappa shape index (κ1) is 16.8. The van der Waals surface area contributed by atoms with Crippen LogP contribution in [0.3, 0.4) is 0 Å². The maximum atomic E-state index is 10.9. The van der Waals surface area contributed by atoms with Gasteiger partial charge in [-0.1, -0.05) is 12.1 Å². The molecule has 0 bridgehead atoms. The van der Waals surface area contributed by atoms with Gasteiger partial charge in [0.2, 0.25) is 0 Å². The van der Waals surface area contributed by atoms with E-state index in [1.807, 2.05) is 30.5 Å². The minimum Gasteiger partial charge on any atom is -0.493 e. The summed E-state index contributed by atoms with van der Waals surface area (Å²) >= 11 is 0. The number of hydrogen-bond acceptors (Lipinski definition) is 5. The molecule has 0 spiro atoms. The van der Waals surface area contributed by atoms with Crippen molar-refractivity contribution in [2.45, 2.75) is 13.0 Å². The fourth-order valence-corrected chi connectivity index (χ4v) is 2.94. The lowest BCUT2D eigenvalue weighted by atomic mass is 10.0. The van der Waals surface area contributed by atoms with Gasteiger partial charge in [-0.25, -0.2) is 0 Å². The highest BCUT2D eigenvalue weighted by molar-refractivity contribution is 5.61. The average molecular weight is 340 g/mol. The van der Waals surface area contributed by atoms with Crippen LogP contribution >= 0.6 is 0 Å². The molecule has 130 valence electrons. The van der Waals surface area contributed by atoms with Crippen molar-refractivity contribution >= 4 is 11.8 Å². The Morgan fingerprint density at radius 3 is 2.64 bits per heavy atom. The summed E-state index contributed by atoms with van der Waals surface area (Å²) in [6.07, 6.45) is 4.84. The number of non-ortho nitro benzene ring substituents is 1. The molecule has 0 saturated heterocycles. The summed E-state index contributed by atoms with van der Waals surface area (Å²) in [4.78, 5) is 12.7. The average Bonchev–Trinajstić information content (AvgIpc) is 2.65. The van der Waals surface area contributed by atoms with Crippen molar-refractivity contribution in [2.75, 3.05) is 20.8 Å². The fourth-order valence-electron chi connectivity index (χ4n) is 2.94. The normalized spacial score (nSPS) is 12.6. The molecule has 3 rings (SSSR count). The molecule has 0 fully saturated rings. The van der Waals surface area contributed by atoms with Gasteiger partial charge in [-0.05, 0) is 47.5 Å². The van der Waals surface area contributed by atoms with E-state index in [1.165, 1.54) is 11.6 Å². The minimum atomic E-state index is -0.361. The Balaban J connectivity index is 1.70. The lowest BCUT2D eigenvalue weighted by Crippen LogP contribution is -2.22. The van der Waals surface area contributed by atoms with E-state index in [-0.39, 0.29) is 10.6 Å². The van der Waals surface area contributed by atoms with Crippen molar-refractivity contribution in [2.24, 2.45) is 0 Å². The van der Waals surface area contributed by atoms with Crippen LogP contribution in [0.2, 0.25) is 0 Å². The first-order chi connectivity index (χ1) is 12.1. The van der Waals surface area contributed by atoms with E-state index in [2.05, 4.69) is 4.90 Å². The third kappa shape index (κ3) is 3.74. The Bertz CT molecular complexity index is 817. The maximum absolute atomic E-state index is 10.9. The van der Waals surface area contributed by atoms with Gasteiger partial charge in [0, 0.05) is 25.2 Å². The fraction of sp³-hybridized carbons (Fsp3) is 0.263. The molecule has 0 aliphatic carbocycles. The number of fused-ring (bicyclic) bond motifs is 1. The second-order valence-corrected chi connectivity index (χ2v) is 5.87. The summed E-state index contributed by atoms with van der Waals surface area (Å²) in [5, 5.41) is 10.9. The molecule has 1 heterocycles. The van der Waals surface area contributed by atoms with E-state index in [0.29, 0.717) is 0 Å². The van der Waals surface area contributed by atoms with Gasteiger partial charge < -0.3 is 14.4 Å². The van der Waals surface area contributed by atoms with Gasteiger partial charge in [-0.2, -0.15) is 0 Å². The largest absolute Gasteiger partial charge is 0.493 e. The van der Waals surface area contributed by atoms with E-state index in [9.17, 15) is 10.1 Å². The van der Waals surface area contributed by atoms with Gasteiger partial charge in [-0.15, -0.1) is 0 Å². The molecule has 6 nitrogen and oxygen atoms in total. The van der Waals surface area contributed by atoms with E-state index < -0.39 is 0 Å². The summed E-state index contributed by atoms with van der Waals surface area (Å²) in [5.74, 6) is 1.44. The lowest BCUT2D eigenvalue weighted by molar-refractivity contribution is -0.384. The smallest absolute Gasteiger partial charge is 0.269 e. The molecule has 0 unspecified atom stereocenters. The summed E-state index contributed by atoms with van der Waals surface area (Å²) in [7, 11) is 3.26. The molecular formula is C19H20N2O4. The number of nitro groups is 1. The van der Waals surface area contributed by atoms with Crippen molar-refractivity contribution in [3.05, 3.63) is 69.4 Å². The maximum Gasteiger partial charge on any atom is 0.269 e. The first-order valence-corrected chi connectivity index (χ1v) is 8.01. The number of methoxy groups -OCH3 is 2. The molecule has 2 aromatic carbocycles. The van der Waals surface area contributed by atoms with Crippen LogP contribution in [-0.2, 0) is 13.0 Å². The highest BCUT2D eigenvalue weighted by atomic mass is 16.6. The number of hydrogen-bond donors (Lipinski definition) is 0.